The molecule has 0 bridgehead atoms. The smallest absolute Gasteiger partial charge is 0.270 e. The highest BCUT2D eigenvalue weighted by molar-refractivity contribution is 6.09. The molecule has 0 amide bonds. The number of Topliss-reactive ketones (excluding diaryl/α,β-unsaturated/α-hetero) is 1. The third-order valence-corrected chi connectivity index (χ3v) is 5.21. The van der Waals surface area contributed by atoms with Gasteiger partial charge in [-0.25, -0.2) is 0 Å². The lowest BCUT2D eigenvalue weighted by atomic mass is 9.97. The standard InChI is InChI=1S/C26H20N2O5/c1-17-9-11-21(12-10-17)27-15-19(25(29)18-5-4-6-22(14-18)28(31)32)13-20-16-33-24-8-3-2-7-23(24)26(20)30/h2-12,14-16,27H,13H2,1H3/b19-15+. The van der Waals surface area contributed by atoms with E-state index in [1.807, 2.05) is 31.2 Å². The van der Waals surface area contributed by atoms with Gasteiger partial charge in [0.2, 0.25) is 0 Å². The lowest BCUT2D eigenvalue weighted by Gasteiger charge is -2.09. The first kappa shape index (κ1) is 21.7. The molecule has 0 fully saturated rings. The number of para-hydroxylation sites is 1. The number of nitrogens with one attached hydrogen (secondary N) is 1. The zero-order valence-electron chi connectivity index (χ0n) is 17.8. The van der Waals surface area contributed by atoms with Crippen LogP contribution in [0, 0.1) is 17.0 Å². The zero-order chi connectivity index (χ0) is 23.4. The Morgan fingerprint density at radius 1 is 1.06 bits per heavy atom. The van der Waals surface area contributed by atoms with Crippen molar-refractivity contribution in [2.24, 2.45) is 0 Å². The van der Waals surface area contributed by atoms with Crippen molar-refractivity contribution >= 4 is 28.1 Å². The van der Waals surface area contributed by atoms with E-state index >= 15 is 0 Å². The summed E-state index contributed by atoms with van der Waals surface area (Å²) in [5, 5.41) is 14.7. The van der Waals surface area contributed by atoms with Crippen LogP contribution >= 0.6 is 0 Å². The number of carbonyl (C=O) groups is 1. The lowest BCUT2D eigenvalue weighted by Crippen LogP contribution is -2.15. The Balaban J connectivity index is 1.73. The number of rotatable bonds is 7. The average molecular weight is 440 g/mol. The van der Waals surface area contributed by atoms with Crippen LogP contribution in [0.25, 0.3) is 11.0 Å². The van der Waals surface area contributed by atoms with Crippen LogP contribution in [0.15, 0.2) is 100 Å². The van der Waals surface area contributed by atoms with E-state index in [-0.39, 0.29) is 28.7 Å². The van der Waals surface area contributed by atoms with Crippen molar-refractivity contribution in [2.45, 2.75) is 13.3 Å². The highest BCUT2D eigenvalue weighted by atomic mass is 16.6. The summed E-state index contributed by atoms with van der Waals surface area (Å²) >= 11 is 0. The van der Waals surface area contributed by atoms with Gasteiger partial charge < -0.3 is 9.73 Å². The van der Waals surface area contributed by atoms with Crippen LogP contribution in [0.2, 0.25) is 0 Å². The first-order chi connectivity index (χ1) is 15.9. The van der Waals surface area contributed by atoms with Crippen molar-refractivity contribution in [2.75, 3.05) is 5.32 Å². The SMILES string of the molecule is Cc1ccc(N/C=C(\Cc2coc3ccccc3c2=O)C(=O)c2cccc([N+](=O)[O-])c2)cc1. The van der Waals surface area contributed by atoms with Crippen LogP contribution in [0.5, 0.6) is 0 Å². The third kappa shape index (κ3) is 4.88. The second kappa shape index (κ2) is 9.32. The third-order valence-electron chi connectivity index (χ3n) is 5.21. The number of benzene rings is 3. The first-order valence-electron chi connectivity index (χ1n) is 10.2. The second-order valence-electron chi connectivity index (χ2n) is 7.58. The Morgan fingerprint density at radius 3 is 2.58 bits per heavy atom. The summed E-state index contributed by atoms with van der Waals surface area (Å²) in [5.41, 5.74) is 2.62. The van der Waals surface area contributed by atoms with Crippen LogP contribution in [-0.2, 0) is 6.42 Å². The van der Waals surface area contributed by atoms with Gasteiger partial charge in [0.15, 0.2) is 11.2 Å². The van der Waals surface area contributed by atoms with Gasteiger partial charge in [0, 0.05) is 47.1 Å². The molecule has 3 aromatic carbocycles. The summed E-state index contributed by atoms with van der Waals surface area (Å²) < 4.78 is 5.59. The van der Waals surface area contributed by atoms with Crippen molar-refractivity contribution in [3.63, 3.8) is 0 Å². The number of ketones is 1. The molecular formula is C26H20N2O5. The number of carbonyl (C=O) groups excluding carboxylic acids is 1. The number of hydrogen-bond acceptors (Lipinski definition) is 6. The van der Waals surface area contributed by atoms with Gasteiger partial charge in [-0.1, -0.05) is 42.0 Å². The number of nitro groups is 1. The maximum absolute atomic E-state index is 13.3. The molecule has 0 aliphatic rings. The van der Waals surface area contributed by atoms with Gasteiger partial charge in [-0.2, -0.15) is 0 Å². The van der Waals surface area contributed by atoms with E-state index in [9.17, 15) is 19.7 Å². The molecule has 0 spiro atoms. The number of nitro benzene ring substituents is 1. The highest BCUT2D eigenvalue weighted by Gasteiger charge is 2.18. The topological polar surface area (TPSA) is 102 Å². The summed E-state index contributed by atoms with van der Waals surface area (Å²) in [5.74, 6) is -0.425. The molecule has 164 valence electrons. The number of nitrogens with zero attached hydrogens (tertiary/aromatic N) is 1. The summed E-state index contributed by atoms with van der Waals surface area (Å²) in [6.07, 6.45) is 2.87. The Kier molecular flexibility index (Phi) is 6.13. The van der Waals surface area contributed by atoms with Crippen LogP contribution in [0.1, 0.15) is 21.5 Å². The summed E-state index contributed by atoms with van der Waals surface area (Å²) in [6.45, 7) is 1.97. The zero-order valence-corrected chi connectivity index (χ0v) is 17.8. The molecule has 0 aliphatic carbocycles. The molecule has 33 heavy (non-hydrogen) atoms. The van der Waals surface area contributed by atoms with Crippen molar-refractivity contribution < 1.29 is 14.1 Å². The largest absolute Gasteiger partial charge is 0.464 e. The maximum atomic E-state index is 13.3. The molecule has 7 nitrogen and oxygen atoms in total. The number of fused-ring (bicyclic) bond motifs is 1. The normalized spacial score (nSPS) is 11.4. The Hall–Kier alpha value is -4.52. The Morgan fingerprint density at radius 2 is 1.82 bits per heavy atom. The van der Waals surface area contributed by atoms with Crippen molar-refractivity contribution in [1.82, 2.24) is 0 Å². The molecule has 0 radical (unpaired) electrons. The number of aryl methyl sites for hydroxylation is 1. The fourth-order valence-electron chi connectivity index (χ4n) is 3.41. The number of non-ortho nitro benzene ring substituents is 1. The highest BCUT2D eigenvalue weighted by Crippen LogP contribution is 2.20. The predicted octanol–water partition coefficient (Wildman–Crippen LogP) is 5.43. The molecule has 0 unspecified atom stereocenters. The predicted molar refractivity (Wildman–Crippen MR) is 126 cm³/mol. The van der Waals surface area contributed by atoms with Crippen molar-refractivity contribution in [3.8, 4) is 0 Å². The molecule has 4 rings (SSSR count). The second-order valence-corrected chi connectivity index (χ2v) is 7.58. The molecule has 1 heterocycles. The number of anilines is 1. The van der Waals surface area contributed by atoms with E-state index < -0.39 is 10.7 Å². The molecule has 4 aromatic rings. The molecule has 1 aromatic heterocycles. The van der Waals surface area contributed by atoms with Crippen LogP contribution in [0.4, 0.5) is 11.4 Å². The molecule has 1 N–H and O–H groups in total. The van der Waals surface area contributed by atoms with E-state index in [1.54, 1.807) is 24.3 Å². The van der Waals surface area contributed by atoms with E-state index in [1.165, 1.54) is 36.7 Å². The minimum absolute atomic E-state index is 0.00639. The van der Waals surface area contributed by atoms with Gasteiger partial charge >= 0.3 is 0 Å². The van der Waals surface area contributed by atoms with E-state index in [0.29, 0.717) is 16.5 Å². The molecule has 7 heteroatoms. The summed E-state index contributed by atoms with van der Waals surface area (Å²) in [6, 6.07) is 20.0. The minimum atomic E-state index is -0.553. The fraction of sp³-hybridized carbons (Fsp3) is 0.0769. The van der Waals surface area contributed by atoms with E-state index in [0.717, 1.165) is 11.3 Å². The van der Waals surface area contributed by atoms with E-state index in [2.05, 4.69) is 5.32 Å². The maximum Gasteiger partial charge on any atom is 0.270 e. The molecule has 0 atom stereocenters. The lowest BCUT2D eigenvalue weighted by molar-refractivity contribution is -0.384. The quantitative estimate of drug-likeness (QED) is 0.178. The van der Waals surface area contributed by atoms with Crippen LogP contribution in [-0.4, -0.2) is 10.7 Å². The van der Waals surface area contributed by atoms with Crippen molar-refractivity contribution in [1.29, 1.82) is 0 Å². The van der Waals surface area contributed by atoms with Crippen LogP contribution in [0.3, 0.4) is 0 Å². The summed E-state index contributed by atoms with van der Waals surface area (Å²) in [4.78, 5) is 36.9. The van der Waals surface area contributed by atoms with Crippen LogP contribution < -0.4 is 10.7 Å². The Labute approximate surface area is 189 Å². The van der Waals surface area contributed by atoms with Gasteiger partial charge in [-0.15, -0.1) is 0 Å². The van der Waals surface area contributed by atoms with Gasteiger partial charge in [-0.05, 0) is 31.2 Å². The fourth-order valence-corrected chi connectivity index (χ4v) is 3.41. The Bertz CT molecular complexity index is 1440. The minimum Gasteiger partial charge on any atom is -0.464 e. The molecule has 0 saturated heterocycles. The van der Waals surface area contributed by atoms with Gasteiger partial charge in [-0.3, -0.25) is 19.7 Å². The van der Waals surface area contributed by atoms with Gasteiger partial charge in [0.05, 0.1) is 16.6 Å². The molecule has 0 saturated carbocycles. The van der Waals surface area contributed by atoms with Gasteiger partial charge in [0.1, 0.15) is 5.58 Å². The van der Waals surface area contributed by atoms with Gasteiger partial charge in [0.25, 0.3) is 5.69 Å². The molecule has 0 aliphatic heterocycles. The number of hydrogen-bond donors (Lipinski definition) is 1. The summed E-state index contributed by atoms with van der Waals surface area (Å²) in [7, 11) is 0. The molecular weight excluding hydrogens is 420 g/mol. The average Bonchev–Trinajstić information content (AvgIpc) is 2.84. The monoisotopic (exact) mass is 440 g/mol. The van der Waals surface area contributed by atoms with Crippen molar-refractivity contribution in [3.05, 3.63) is 128 Å². The number of allylic oxidation sites excluding steroid dienone is 1. The first-order valence-corrected chi connectivity index (χ1v) is 10.2. The van der Waals surface area contributed by atoms with E-state index in [4.69, 9.17) is 4.42 Å².